The summed E-state index contributed by atoms with van der Waals surface area (Å²) in [7, 11) is 1.60. The number of benzene rings is 1. The molecule has 0 spiro atoms. The van der Waals surface area contributed by atoms with E-state index in [2.05, 4.69) is 21.2 Å². The molecule has 0 fully saturated rings. The van der Waals surface area contributed by atoms with Crippen LogP contribution in [-0.2, 0) is 20.7 Å². The fourth-order valence-electron chi connectivity index (χ4n) is 2.21. The standard InChI is InChI=1S/C16H22BrNO4/c1-11(8-15(19)20)18-16(21)13(6-7-22-2)9-12-4-3-5-14(17)10-12/h3-5,10-11,13H,6-9H2,1-2H3,(H,18,21)(H,19,20). The van der Waals surface area contributed by atoms with Crippen LogP contribution in [0.2, 0.25) is 0 Å². The van der Waals surface area contributed by atoms with Crippen LogP contribution >= 0.6 is 15.9 Å². The Labute approximate surface area is 139 Å². The third-order valence-electron chi connectivity index (χ3n) is 3.28. The number of methoxy groups -OCH3 is 1. The van der Waals surface area contributed by atoms with Crippen LogP contribution in [0, 0.1) is 5.92 Å². The Hall–Kier alpha value is -1.40. The number of aliphatic carboxylic acids is 1. The smallest absolute Gasteiger partial charge is 0.305 e. The van der Waals surface area contributed by atoms with Crippen molar-refractivity contribution >= 4 is 27.8 Å². The molecule has 0 saturated carbocycles. The molecule has 0 aliphatic heterocycles. The first-order valence-electron chi connectivity index (χ1n) is 7.18. The molecule has 0 aromatic heterocycles. The van der Waals surface area contributed by atoms with Crippen molar-refractivity contribution in [2.45, 2.75) is 32.2 Å². The van der Waals surface area contributed by atoms with Gasteiger partial charge in [0.1, 0.15) is 0 Å². The predicted molar refractivity (Wildman–Crippen MR) is 87.7 cm³/mol. The van der Waals surface area contributed by atoms with E-state index in [9.17, 15) is 9.59 Å². The summed E-state index contributed by atoms with van der Waals surface area (Å²) < 4.78 is 6.04. The molecule has 1 amide bonds. The Kier molecular flexibility index (Phi) is 8.12. The maximum Gasteiger partial charge on any atom is 0.305 e. The number of carbonyl (C=O) groups is 2. The van der Waals surface area contributed by atoms with Gasteiger partial charge < -0.3 is 15.2 Å². The number of nitrogens with one attached hydrogen (secondary N) is 1. The van der Waals surface area contributed by atoms with Crippen LogP contribution in [-0.4, -0.2) is 36.7 Å². The topological polar surface area (TPSA) is 75.6 Å². The largest absolute Gasteiger partial charge is 0.481 e. The Morgan fingerprint density at radius 3 is 2.73 bits per heavy atom. The summed E-state index contributed by atoms with van der Waals surface area (Å²) in [5.74, 6) is -1.30. The number of amides is 1. The van der Waals surface area contributed by atoms with Gasteiger partial charge in [-0.15, -0.1) is 0 Å². The maximum absolute atomic E-state index is 12.4. The van der Waals surface area contributed by atoms with Crippen molar-refractivity contribution in [2.75, 3.05) is 13.7 Å². The number of carboxylic acids is 1. The Bertz CT molecular complexity index is 507. The monoisotopic (exact) mass is 371 g/mol. The van der Waals surface area contributed by atoms with Crippen molar-refractivity contribution in [2.24, 2.45) is 5.92 Å². The van der Waals surface area contributed by atoms with E-state index in [-0.39, 0.29) is 18.2 Å². The summed E-state index contributed by atoms with van der Waals surface area (Å²) in [6, 6.07) is 7.42. The minimum absolute atomic E-state index is 0.0837. The van der Waals surface area contributed by atoms with Crippen LogP contribution in [0.5, 0.6) is 0 Å². The average Bonchev–Trinajstić information content (AvgIpc) is 2.42. The zero-order valence-corrected chi connectivity index (χ0v) is 14.4. The lowest BCUT2D eigenvalue weighted by atomic mass is 9.95. The van der Waals surface area contributed by atoms with Crippen molar-refractivity contribution < 1.29 is 19.4 Å². The lowest BCUT2D eigenvalue weighted by Gasteiger charge is -2.19. The normalized spacial score (nSPS) is 13.4. The van der Waals surface area contributed by atoms with E-state index in [1.807, 2.05) is 24.3 Å². The average molecular weight is 372 g/mol. The van der Waals surface area contributed by atoms with E-state index in [0.29, 0.717) is 19.4 Å². The van der Waals surface area contributed by atoms with Crippen molar-refractivity contribution in [1.29, 1.82) is 0 Å². The zero-order valence-electron chi connectivity index (χ0n) is 12.8. The van der Waals surface area contributed by atoms with Crippen LogP contribution in [0.1, 0.15) is 25.3 Å². The molecular formula is C16H22BrNO4. The fraction of sp³-hybridized carbons (Fsp3) is 0.500. The van der Waals surface area contributed by atoms with E-state index in [1.54, 1.807) is 14.0 Å². The Morgan fingerprint density at radius 2 is 2.14 bits per heavy atom. The molecule has 0 radical (unpaired) electrons. The molecule has 0 bridgehead atoms. The van der Waals surface area contributed by atoms with Crippen LogP contribution in [0.15, 0.2) is 28.7 Å². The van der Waals surface area contributed by atoms with Crippen molar-refractivity contribution in [3.05, 3.63) is 34.3 Å². The minimum Gasteiger partial charge on any atom is -0.481 e. The highest BCUT2D eigenvalue weighted by Crippen LogP contribution is 2.17. The molecule has 2 N–H and O–H groups in total. The number of hydrogen-bond acceptors (Lipinski definition) is 3. The zero-order chi connectivity index (χ0) is 16.5. The summed E-state index contributed by atoms with van der Waals surface area (Å²) in [6.07, 6.45) is 1.10. The van der Waals surface area contributed by atoms with E-state index in [1.165, 1.54) is 0 Å². The number of rotatable bonds is 9. The highest BCUT2D eigenvalue weighted by Gasteiger charge is 2.21. The van der Waals surface area contributed by atoms with Gasteiger partial charge in [0.2, 0.25) is 5.91 Å². The Morgan fingerprint density at radius 1 is 1.41 bits per heavy atom. The Balaban J connectivity index is 2.70. The third kappa shape index (κ3) is 7.04. The molecule has 5 nitrogen and oxygen atoms in total. The molecule has 1 rings (SSSR count). The lowest BCUT2D eigenvalue weighted by Crippen LogP contribution is -2.39. The molecule has 6 heteroatoms. The van der Waals surface area contributed by atoms with Gasteiger partial charge in [0.15, 0.2) is 0 Å². The highest BCUT2D eigenvalue weighted by atomic mass is 79.9. The second-order valence-electron chi connectivity index (χ2n) is 5.32. The van der Waals surface area contributed by atoms with Gasteiger partial charge in [-0.3, -0.25) is 9.59 Å². The summed E-state index contributed by atoms with van der Waals surface area (Å²) >= 11 is 3.42. The molecular weight excluding hydrogens is 350 g/mol. The molecule has 122 valence electrons. The second kappa shape index (κ2) is 9.58. The number of halogens is 1. The van der Waals surface area contributed by atoms with Crippen LogP contribution in [0.4, 0.5) is 0 Å². The number of ether oxygens (including phenoxy) is 1. The summed E-state index contributed by atoms with van der Waals surface area (Å²) in [5.41, 5.74) is 1.05. The molecule has 1 aromatic rings. The van der Waals surface area contributed by atoms with E-state index >= 15 is 0 Å². The van der Waals surface area contributed by atoms with Gasteiger partial charge in [-0.25, -0.2) is 0 Å². The van der Waals surface area contributed by atoms with Crippen molar-refractivity contribution in [3.63, 3.8) is 0 Å². The quantitative estimate of drug-likeness (QED) is 0.699. The fourth-order valence-corrected chi connectivity index (χ4v) is 2.65. The van der Waals surface area contributed by atoms with Gasteiger partial charge in [0.05, 0.1) is 6.42 Å². The molecule has 0 aliphatic rings. The molecule has 2 atom stereocenters. The molecule has 1 aromatic carbocycles. The van der Waals surface area contributed by atoms with E-state index in [4.69, 9.17) is 9.84 Å². The first-order valence-corrected chi connectivity index (χ1v) is 7.97. The van der Waals surface area contributed by atoms with E-state index < -0.39 is 12.0 Å². The van der Waals surface area contributed by atoms with Gasteiger partial charge in [-0.2, -0.15) is 0 Å². The SMILES string of the molecule is COCCC(Cc1cccc(Br)c1)C(=O)NC(C)CC(=O)O. The van der Waals surface area contributed by atoms with Gasteiger partial charge in [-0.05, 0) is 37.5 Å². The highest BCUT2D eigenvalue weighted by molar-refractivity contribution is 9.10. The van der Waals surface area contributed by atoms with E-state index in [0.717, 1.165) is 10.0 Å². The van der Waals surface area contributed by atoms with Crippen LogP contribution in [0.25, 0.3) is 0 Å². The molecule has 0 aliphatic carbocycles. The lowest BCUT2D eigenvalue weighted by molar-refractivity contribution is -0.137. The molecule has 22 heavy (non-hydrogen) atoms. The number of carboxylic acid groups (broad SMARTS) is 1. The number of carbonyl (C=O) groups excluding carboxylic acids is 1. The van der Waals surface area contributed by atoms with Crippen LogP contribution in [0.3, 0.4) is 0 Å². The third-order valence-corrected chi connectivity index (χ3v) is 3.78. The summed E-state index contributed by atoms with van der Waals surface area (Å²) in [6.45, 7) is 2.18. The first kappa shape index (κ1) is 18.6. The molecule has 0 heterocycles. The van der Waals surface area contributed by atoms with Gasteiger partial charge in [-0.1, -0.05) is 28.1 Å². The van der Waals surface area contributed by atoms with Gasteiger partial charge in [0.25, 0.3) is 0 Å². The second-order valence-corrected chi connectivity index (χ2v) is 6.24. The summed E-state index contributed by atoms with van der Waals surface area (Å²) in [4.78, 5) is 23.0. The van der Waals surface area contributed by atoms with Gasteiger partial charge >= 0.3 is 5.97 Å². The maximum atomic E-state index is 12.4. The minimum atomic E-state index is -0.923. The summed E-state index contributed by atoms with van der Waals surface area (Å²) in [5, 5.41) is 11.5. The molecule has 0 saturated heterocycles. The predicted octanol–water partition coefficient (Wildman–Crippen LogP) is 2.62. The first-order chi connectivity index (χ1) is 10.4. The number of hydrogen-bond donors (Lipinski definition) is 2. The van der Waals surface area contributed by atoms with Crippen LogP contribution < -0.4 is 5.32 Å². The molecule has 2 unspecified atom stereocenters. The van der Waals surface area contributed by atoms with Crippen molar-refractivity contribution in [1.82, 2.24) is 5.32 Å². The van der Waals surface area contributed by atoms with Gasteiger partial charge in [0, 0.05) is 30.1 Å². The van der Waals surface area contributed by atoms with Crippen molar-refractivity contribution in [3.8, 4) is 0 Å².